The van der Waals surface area contributed by atoms with E-state index >= 15 is 0 Å². The molecule has 1 atom stereocenters. The average molecular weight is 425 g/mol. The molecule has 0 aromatic rings. The zero-order chi connectivity index (χ0) is 22.2. The van der Waals surface area contributed by atoms with Crippen molar-refractivity contribution >= 4 is 29.5 Å². The molecule has 7 heteroatoms. The summed E-state index contributed by atoms with van der Waals surface area (Å²) in [6.45, 7) is 8.47. The molecule has 0 aliphatic heterocycles. The predicted molar refractivity (Wildman–Crippen MR) is 121 cm³/mol. The number of nitrogens with two attached hydrogens (primary N) is 1. The number of nitrogens with one attached hydrogen (secondary N) is 1. The highest BCUT2D eigenvalue weighted by Gasteiger charge is 2.19. The summed E-state index contributed by atoms with van der Waals surface area (Å²) < 4.78 is 0. The van der Waals surface area contributed by atoms with Crippen LogP contribution in [0.3, 0.4) is 0 Å². The number of rotatable bonds is 15. The Morgan fingerprint density at radius 2 is 1.52 bits per heavy atom. The summed E-state index contributed by atoms with van der Waals surface area (Å²) >= 11 is 1.45. The molecule has 164 valence electrons. The number of thioether (sulfide) groups is 1. The molecule has 0 saturated carbocycles. The maximum atomic E-state index is 11.7. The van der Waals surface area contributed by atoms with E-state index in [1.165, 1.54) is 28.5 Å². The fourth-order valence-corrected chi connectivity index (χ4v) is 3.40. The quantitative estimate of drug-likeness (QED) is 0.272. The smallest absolute Gasteiger partial charge is 0.327 e. The molecular formula is C22H36N2O4S. The van der Waals surface area contributed by atoms with Gasteiger partial charge in [-0.3, -0.25) is 9.59 Å². The van der Waals surface area contributed by atoms with Crippen LogP contribution in [0, 0.1) is 0 Å². The molecule has 0 aliphatic carbocycles. The summed E-state index contributed by atoms with van der Waals surface area (Å²) in [4.78, 5) is 33.6. The lowest BCUT2D eigenvalue weighted by Gasteiger charge is -2.13. The Hall–Kier alpha value is -2.02. The van der Waals surface area contributed by atoms with Gasteiger partial charge in [-0.1, -0.05) is 34.9 Å². The lowest BCUT2D eigenvalue weighted by atomic mass is 10.1. The Bertz CT molecular complexity index is 635. The van der Waals surface area contributed by atoms with Crippen molar-refractivity contribution in [1.82, 2.24) is 5.32 Å². The Labute approximate surface area is 179 Å². The molecule has 0 radical (unpaired) electrons. The highest BCUT2D eigenvalue weighted by atomic mass is 32.2. The van der Waals surface area contributed by atoms with Crippen molar-refractivity contribution in [3.63, 3.8) is 0 Å². The second-order valence-corrected chi connectivity index (χ2v) is 8.50. The summed E-state index contributed by atoms with van der Waals surface area (Å²) in [6.07, 6.45) is 10.6. The van der Waals surface area contributed by atoms with Crippen molar-refractivity contribution in [2.45, 2.75) is 72.3 Å². The number of aliphatic carboxylic acids is 1. The maximum Gasteiger partial charge on any atom is 0.327 e. The van der Waals surface area contributed by atoms with E-state index in [-0.39, 0.29) is 18.6 Å². The lowest BCUT2D eigenvalue weighted by molar-refractivity contribution is -0.141. The van der Waals surface area contributed by atoms with Crippen LogP contribution in [0.1, 0.15) is 66.2 Å². The number of carboxylic acids is 1. The third-order valence-corrected chi connectivity index (χ3v) is 5.16. The van der Waals surface area contributed by atoms with Crippen LogP contribution in [-0.2, 0) is 14.4 Å². The normalized spacial score (nSPS) is 13.0. The van der Waals surface area contributed by atoms with Crippen LogP contribution < -0.4 is 11.1 Å². The van der Waals surface area contributed by atoms with Crippen molar-refractivity contribution in [1.29, 1.82) is 0 Å². The number of carbonyl (C=O) groups excluding carboxylic acids is 2. The number of hydrogen-bond acceptors (Lipinski definition) is 4. The minimum Gasteiger partial charge on any atom is -0.480 e. The average Bonchev–Trinajstić information content (AvgIpc) is 2.61. The van der Waals surface area contributed by atoms with Crippen molar-refractivity contribution in [2.24, 2.45) is 5.73 Å². The van der Waals surface area contributed by atoms with E-state index in [1.807, 2.05) is 0 Å². The van der Waals surface area contributed by atoms with Crippen molar-refractivity contribution in [3.8, 4) is 0 Å². The minimum atomic E-state index is -1.08. The molecule has 0 aromatic heterocycles. The van der Waals surface area contributed by atoms with E-state index in [1.54, 1.807) is 0 Å². The van der Waals surface area contributed by atoms with Gasteiger partial charge < -0.3 is 16.2 Å². The first kappa shape index (κ1) is 27.0. The predicted octanol–water partition coefficient (Wildman–Crippen LogP) is 3.97. The molecule has 6 nitrogen and oxygen atoms in total. The number of carbonyl (C=O) groups is 3. The van der Waals surface area contributed by atoms with Gasteiger partial charge in [0.2, 0.25) is 11.8 Å². The van der Waals surface area contributed by atoms with Crippen LogP contribution in [0.15, 0.2) is 34.9 Å². The number of amides is 2. The molecule has 0 bridgehead atoms. The Balaban J connectivity index is 4.20. The molecule has 0 aromatic carbocycles. The second-order valence-electron chi connectivity index (χ2n) is 7.42. The molecule has 0 rings (SSSR count). The molecule has 0 aliphatic rings. The molecule has 0 heterocycles. The molecule has 0 fully saturated rings. The summed E-state index contributed by atoms with van der Waals surface area (Å²) in [5.74, 6) is -1.18. The van der Waals surface area contributed by atoms with E-state index in [9.17, 15) is 19.5 Å². The first-order valence-electron chi connectivity index (χ1n) is 9.94. The first-order chi connectivity index (χ1) is 13.6. The molecule has 1 unspecified atom stereocenters. The zero-order valence-corrected chi connectivity index (χ0v) is 18.9. The van der Waals surface area contributed by atoms with Gasteiger partial charge in [0, 0.05) is 24.3 Å². The van der Waals surface area contributed by atoms with Gasteiger partial charge in [-0.05, 0) is 53.4 Å². The summed E-state index contributed by atoms with van der Waals surface area (Å²) in [6, 6.07) is -0.972. The van der Waals surface area contributed by atoms with Crippen LogP contribution in [0.5, 0.6) is 0 Å². The van der Waals surface area contributed by atoms with Crippen molar-refractivity contribution in [2.75, 3.05) is 11.5 Å². The SMILES string of the molecule is CC(C)=CCC/C(C)=C/CC/C(C)=C/CSCC(NC(=O)CCC(N)=O)C(=O)O. The van der Waals surface area contributed by atoms with Crippen LogP contribution >= 0.6 is 11.8 Å². The lowest BCUT2D eigenvalue weighted by Crippen LogP contribution is -2.42. The molecule has 29 heavy (non-hydrogen) atoms. The molecule has 0 spiro atoms. The fraction of sp³-hybridized carbons (Fsp3) is 0.591. The number of primary amides is 1. The van der Waals surface area contributed by atoms with Gasteiger partial charge in [-0.15, -0.1) is 0 Å². The van der Waals surface area contributed by atoms with Crippen LogP contribution in [0.25, 0.3) is 0 Å². The van der Waals surface area contributed by atoms with Crippen molar-refractivity contribution < 1.29 is 19.5 Å². The maximum absolute atomic E-state index is 11.7. The molecule has 2 amide bonds. The Kier molecular flexibility index (Phi) is 14.7. The van der Waals surface area contributed by atoms with Crippen LogP contribution in [0.4, 0.5) is 0 Å². The van der Waals surface area contributed by atoms with Gasteiger partial charge in [0.05, 0.1) is 0 Å². The van der Waals surface area contributed by atoms with Gasteiger partial charge in [0.15, 0.2) is 0 Å². The highest BCUT2D eigenvalue weighted by Crippen LogP contribution is 2.13. The number of allylic oxidation sites excluding steroid dienone is 5. The van der Waals surface area contributed by atoms with Gasteiger partial charge in [0.1, 0.15) is 6.04 Å². The Morgan fingerprint density at radius 3 is 2.07 bits per heavy atom. The second kappa shape index (κ2) is 15.9. The standard InChI is InChI=1S/C22H36N2O4S/c1-16(2)7-5-8-17(3)9-6-10-18(4)13-14-29-15-19(22(27)28)24-21(26)12-11-20(23)25/h7,9,13,19H,5-6,8,10-12,14-15H2,1-4H3,(H2,23,25)(H,24,26)(H,27,28)/b17-9+,18-13+. The number of carboxylic acid groups (broad SMARTS) is 1. The van der Waals surface area contributed by atoms with Gasteiger partial charge in [0.25, 0.3) is 0 Å². The fourth-order valence-electron chi connectivity index (χ4n) is 2.40. The molecular weight excluding hydrogens is 388 g/mol. The van der Waals surface area contributed by atoms with E-state index in [0.29, 0.717) is 5.75 Å². The van der Waals surface area contributed by atoms with E-state index in [2.05, 4.69) is 51.2 Å². The van der Waals surface area contributed by atoms with E-state index in [0.717, 1.165) is 25.7 Å². The third-order valence-electron chi connectivity index (χ3n) is 4.19. The van der Waals surface area contributed by atoms with Crippen molar-refractivity contribution in [3.05, 3.63) is 34.9 Å². The summed E-state index contributed by atoms with van der Waals surface area (Å²) in [5, 5.41) is 11.7. The molecule has 0 saturated heterocycles. The minimum absolute atomic E-state index is 0.0872. The van der Waals surface area contributed by atoms with Gasteiger partial charge in [-0.25, -0.2) is 4.79 Å². The Morgan fingerprint density at radius 1 is 0.931 bits per heavy atom. The van der Waals surface area contributed by atoms with Gasteiger partial charge in [-0.2, -0.15) is 11.8 Å². The summed E-state index contributed by atoms with van der Waals surface area (Å²) in [7, 11) is 0. The highest BCUT2D eigenvalue weighted by molar-refractivity contribution is 7.99. The third kappa shape index (κ3) is 16.6. The van der Waals surface area contributed by atoms with Crippen LogP contribution in [0.2, 0.25) is 0 Å². The van der Waals surface area contributed by atoms with Crippen LogP contribution in [-0.4, -0.2) is 40.4 Å². The largest absolute Gasteiger partial charge is 0.480 e. The topological polar surface area (TPSA) is 109 Å². The zero-order valence-electron chi connectivity index (χ0n) is 18.1. The number of hydrogen-bond donors (Lipinski definition) is 3. The molecule has 4 N–H and O–H groups in total. The first-order valence-corrected chi connectivity index (χ1v) is 11.1. The van der Waals surface area contributed by atoms with E-state index < -0.39 is 23.8 Å². The summed E-state index contributed by atoms with van der Waals surface area (Å²) in [5.41, 5.74) is 9.01. The monoisotopic (exact) mass is 424 g/mol. The van der Waals surface area contributed by atoms with Gasteiger partial charge >= 0.3 is 5.97 Å². The van der Waals surface area contributed by atoms with E-state index in [4.69, 9.17) is 5.73 Å².